The van der Waals surface area contributed by atoms with E-state index < -0.39 is 0 Å². The first-order valence-corrected chi connectivity index (χ1v) is 7.17. The standard InChI is InChI=1S/C15H21N5/c1-19-9-5-13(11-19)10-18-14-4-2-8-20(12-14)15-16-6-3-7-17-15/h3,5-7,9,11,14,18H,2,4,8,10,12H2,1H3. The largest absolute Gasteiger partial charge is 0.357 e. The molecule has 0 aliphatic carbocycles. The zero-order valence-electron chi connectivity index (χ0n) is 11.9. The summed E-state index contributed by atoms with van der Waals surface area (Å²) in [5.41, 5.74) is 1.33. The van der Waals surface area contributed by atoms with Crippen molar-refractivity contribution in [1.82, 2.24) is 19.9 Å². The van der Waals surface area contributed by atoms with Crippen molar-refractivity contribution in [2.45, 2.75) is 25.4 Å². The van der Waals surface area contributed by atoms with Crippen LogP contribution in [0.25, 0.3) is 0 Å². The maximum atomic E-state index is 4.34. The maximum absolute atomic E-state index is 4.34. The summed E-state index contributed by atoms with van der Waals surface area (Å²) >= 11 is 0. The lowest BCUT2D eigenvalue weighted by Gasteiger charge is -2.33. The average Bonchev–Trinajstić information content (AvgIpc) is 2.92. The first-order valence-electron chi connectivity index (χ1n) is 7.17. The summed E-state index contributed by atoms with van der Waals surface area (Å²) in [4.78, 5) is 11.0. The van der Waals surface area contributed by atoms with Crippen molar-refractivity contribution in [2.75, 3.05) is 18.0 Å². The molecule has 106 valence electrons. The minimum atomic E-state index is 0.507. The second-order valence-electron chi connectivity index (χ2n) is 5.40. The third-order valence-electron chi connectivity index (χ3n) is 3.74. The molecule has 5 nitrogen and oxygen atoms in total. The molecular weight excluding hydrogens is 250 g/mol. The number of piperidine rings is 1. The molecule has 0 spiro atoms. The van der Waals surface area contributed by atoms with Crippen LogP contribution in [0, 0.1) is 0 Å². The molecule has 1 aliphatic rings. The van der Waals surface area contributed by atoms with E-state index in [9.17, 15) is 0 Å². The van der Waals surface area contributed by atoms with Gasteiger partial charge in [-0.15, -0.1) is 0 Å². The Hall–Kier alpha value is -1.88. The van der Waals surface area contributed by atoms with Crippen LogP contribution < -0.4 is 10.2 Å². The molecule has 2 aromatic heterocycles. The quantitative estimate of drug-likeness (QED) is 0.917. The molecular formula is C15H21N5. The van der Waals surface area contributed by atoms with E-state index in [1.165, 1.54) is 18.4 Å². The van der Waals surface area contributed by atoms with Crippen molar-refractivity contribution in [3.05, 3.63) is 42.5 Å². The first kappa shape index (κ1) is 13.1. The predicted octanol–water partition coefficient (Wildman–Crippen LogP) is 1.57. The van der Waals surface area contributed by atoms with Crippen molar-refractivity contribution < 1.29 is 0 Å². The smallest absolute Gasteiger partial charge is 0.225 e. The van der Waals surface area contributed by atoms with Gasteiger partial charge in [-0.3, -0.25) is 0 Å². The van der Waals surface area contributed by atoms with Crippen LogP contribution in [-0.4, -0.2) is 33.7 Å². The van der Waals surface area contributed by atoms with Crippen molar-refractivity contribution in [2.24, 2.45) is 7.05 Å². The van der Waals surface area contributed by atoms with Gasteiger partial charge in [-0.1, -0.05) is 0 Å². The predicted molar refractivity (Wildman–Crippen MR) is 79.5 cm³/mol. The van der Waals surface area contributed by atoms with Gasteiger partial charge in [0.05, 0.1) is 0 Å². The highest BCUT2D eigenvalue weighted by Crippen LogP contribution is 2.15. The summed E-state index contributed by atoms with van der Waals surface area (Å²) in [5, 5.41) is 3.64. The minimum Gasteiger partial charge on any atom is -0.357 e. The molecule has 1 atom stereocenters. The van der Waals surface area contributed by atoms with Crippen LogP contribution in [-0.2, 0) is 13.6 Å². The Balaban J connectivity index is 1.55. The molecule has 0 amide bonds. The lowest BCUT2D eigenvalue weighted by atomic mass is 10.1. The van der Waals surface area contributed by atoms with Crippen LogP contribution in [0.5, 0.6) is 0 Å². The number of nitrogens with one attached hydrogen (secondary N) is 1. The van der Waals surface area contributed by atoms with Crippen LogP contribution >= 0.6 is 0 Å². The Morgan fingerprint density at radius 2 is 2.20 bits per heavy atom. The summed E-state index contributed by atoms with van der Waals surface area (Å²) in [5.74, 6) is 0.846. The van der Waals surface area contributed by atoms with Crippen LogP contribution in [0.3, 0.4) is 0 Å². The number of aromatic nitrogens is 3. The summed E-state index contributed by atoms with van der Waals surface area (Å²) in [6.07, 6.45) is 10.3. The van der Waals surface area contributed by atoms with Gasteiger partial charge in [0.1, 0.15) is 0 Å². The SMILES string of the molecule is Cn1ccc(CNC2CCCN(c3ncccn3)C2)c1. The van der Waals surface area contributed by atoms with Crippen molar-refractivity contribution in [1.29, 1.82) is 0 Å². The van der Waals surface area contributed by atoms with E-state index in [1.54, 1.807) is 0 Å². The molecule has 5 heteroatoms. The third kappa shape index (κ3) is 3.17. The Morgan fingerprint density at radius 1 is 1.35 bits per heavy atom. The Kier molecular flexibility index (Phi) is 3.97. The Bertz CT molecular complexity index is 536. The van der Waals surface area contributed by atoms with Gasteiger partial charge in [-0.25, -0.2) is 9.97 Å². The second-order valence-corrected chi connectivity index (χ2v) is 5.40. The zero-order valence-corrected chi connectivity index (χ0v) is 11.9. The summed E-state index contributed by atoms with van der Waals surface area (Å²) in [6, 6.07) is 4.53. The van der Waals surface area contributed by atoms with Crippen LogP contribution in [0.1, 0.15) is 18.4 Å². The first-order chi connectivity index (χ1) is 9.81. The van der Waals surface area contributed by atoms with Gasteiger partial charge in [0.15, 0.2) is 0 Å². The Morgan fingerprint density at radius 3 is 2.95 bits per heavy atom. The van der Waals surface area contributed by atoms with Crippen molar-refractivity contribution in [3.63, 3.8) is 0 Å². The monoisotopic (exact) mass is 271 g/mol. The number of rotatable bonds is 4. The molecule has 1 fully saturated rings. The van der Waals surface area contributed by atoms with E-state index in [0.717, 1.165) is 25.6 Å². The van der Waals surface area contributed by atoms with Crippen LogP contribution in [0.2, 0.25) is 0 Å². The lowest BCUT2D eigenvalue weighted by Crippen LogP contribution is -2.46. The average molecular weight is 271 g/mol. The Labute approximate surface area is 119 Å². The third-order valence-corrected chi connectivity index (χ3v) is 3.74. The molecule has 1 saturated heterocycles. The molecule has 1 N–H and O–H groups in total. The number of nitrogens with zero attached hydrogens (tertiary/aromatic N) is 4. The molecule has 2 aromatic rings. The van der Waals surface area contributed by atoms with Gasteiger partial charge >= 0.3 is 0 Å². The highest BCUT2D eigenvalue weighted by atomic mass is 15.3. The van der Waals surface area contributed by atoms with Crippen LogP contribution in [0.15, 0.2) is 36.9 Å². The number of anilines is 1. The number of hydrogen-bond acceptors (Lipinski definition) is 4. The van der Waals surface area contributed by atoms with Gasteiger partial charge < -0.3 is 14.8 Å². The van der Waals surface area contributed by atoms with E-state index in [4.69, 9.17) is 0 Å². The minimum absolute atomic E-state index is 0.507. The highest BCUT2D eigenvalue weighted by molar-refractivity contribution is 5.29. The van der Waals surface area contributed by atoms with Gasteiger partial charge in [-0.2, -0.15) is 0 Å². The fourth-order valence-corrected chi connectivity index (χ4v) is 2.71. The lowest BCUT2D eigenvalue weighted by molar-refractivity contribution is 0.418. The van der Waals surface area contributed by atoms with Crippen molar-refractivity contribution >= 4 is 5.95 Å². The molecule has 20 heavy (non-hydrogen) atoms. The van der Waals surface area contributed by atoms with Crippen molar-refractivity contribution in [3.8, 4) is 0 Å². The molecule has 1 aliphatic heterocycles. The van der Waals surface area contributed by atoms with E-state index >= 15 is 0 Å². The molecule has 0 aromatic carbocycles. The fraction of sp³-hybridized carbons (Fsp3) is 0.467. The highest BCUT2D eigenvalue weighted by Gasteiger charge is 2.21. The van der Waals surface area contributed by atoms with E-state index in [1.807, 2.05) is 18.5 Å². The van der Waals surface area contributed by atoms with Gasteiger partial charge in [-0.05, 0) is 30.5 Å². The maximum Gasteiger partial charge on any atom is 0.225 e. The van der Waals surface area contributed by atoms with Gasteiger partial charge in [0.2, 0.25) is 5.95 Å². The van der Waals surface area contributed by atoms with Gasteiger partial charge in [0, 0.05) is 57.5 Å². The van der Waals surface area contributed by atoms with E-state index in [0.29, 0.717) is 6.04 Å². The molecule has 3 rings (SSSR count). The number of aryl methyl sites for hydroxylation is 1. The summed E-state index contributed by atoms with van der Waals surface area (Å²) in [7, 11) is 2.05. The van der Waals surface area contributed by atoms with Gasteiger partial charge in [0.25, 0.3) is 0 Å². The molecule has 0 saturated carbocycles. The second kappa shape index (κ2) is 6.05. The fourth-order valence-electron chi connectivity index (χ4n) is 2.71. The normalized spacial score (nSPS) is 19.2. The summed E-state index contributed by atoms with van der Waals surface area (Å²) < 4.78 is 2.09. The van der Waals surface area contributed by atoms with E-state index in [-0.39, 0.29) is 0 Å². The van der Waals surface area contributed by atoms with E-state index in [2.05, 4.69) is 50.3 Å². The summed E-state index contributed by atoms with van der Waals surface area (Å²) in [6.45, 7) is 2.96. The number of hydrogen-bond donors (Lipinski definition) is 1. The zero-order chi connectivity index (χ0) is 13.8. The topological polar surface area (TPSA) is 46.0 Å². The van der Waals surface area contributed by atoms with Crippen LogP contribution in [0.4, 0.5) is 5.95 Å². The molecule has 0 bridgehead atoms. The molecule has 3 heterocycles. The molecule has 1 unspecified atom stereocenters. The molecule has 0 radical (unpaired) electrons.